The maximum atomic E-state index is 9.97. The molecule has 1 aliphatic rings. The van der Waals surface area contributed by atoms with E-state index in [2.05, 4.69) is 5.32 Å². The Balaban J connectivity index is 2.39. The van der Waals surface area contributed by atoms with Crippen molar-refractivity contribution in [2.45, 2.75) is 44.2 Å². The van der Waals surface area contributed by atoms with E-state index in [0.29, 0.717) is 6.42 Å². The average Bonchev–Trinajstić information content (AvgIpc) is 1.85. The Bertz CT molecular complexity index is 145. The zero-order valence-electron chi connectivity index (χ0n) is 6.76. The van der Waals surface area contributed by atoms with Gasteiger partial charge in [-0.15, -0.1) is 0 Å². The van der Waals surface area contributed by atoms with E-state index in [1.165, 1.54) is 0 Å². The Morgan fingerprint density at radius 1 is 1.73 bits per heavy atom. The van der Waals surface area contributed by atoms with Crippen molar-refractivity contribution in [3.05, 3.63) is 0 Å². The van der Waals surface area contributed by atoms with E-state index in [4.69, 9.17) is 0 Å². The van der Waals surface area contributed by atoms with Crippen LogP contribution in [-0.2, 0) is 4.79 Å². The number of nitrogens with one attached hydrogen (secondary N) is 1. The second-order valence-corrected chi connectivity index (χ2v) is 3.54. The van der Waals surface area contributed by atoms with Crippen molar-refractivity contribution in [3.8, 4) is 0 Å². The minimum Gasteiger partial charge on any atom is -0.390 e. The third-order valence-corrected chi connectivity index (χ3v) is 2.22. The van der Waals surface area contributed by atoms with Crippen LogP contribution in [0.4, 0.5) is 0 Å². The quantitative estimate of drug-likeness (QED) is 0.566. The summed E-state index contributed by atoms with van der Waals surface area (Å²) >= 11 is 0. The summed E-state index contributed by atoms with van der Waals surface area (Å²) in [5, 5.41) is 12.2. The van der Waals surface area contributed by atoms with Gasteiger partial charge in [0.1, 0.15) is 0 Å². The third-order valence-electron chi connectivity index (χ3n) is 2.22. The Morgan fingerprint density at radius 3 is 3.00 bits per heavy atom. The lowest BCUT2D eigenvalue weighted by Crippen LogP contribution is -2.41. The molecule has 0 aliphatic heterocycles. The lowest BCUT2D eigenvalue weighted by molar-refractivity contribution is 0.0128. The lowest BCUT2D eigenvalue weighted by Gasteiger charge is -2.33. The topological polar surface area (TPSA) is 49.3 Å². The van der Waals surface area contributed by atoms with Crippen LogP contribution in [0, 0.1) is 0 Å². The molecule has 63 valence electrons. The first-order valence-corrected chi connectivity index (χ1v) is 3.99. The molecule has 1 saturated carbocycles. The standard InChI is InChI=1S/C8H14NO2/c1-8(11)4-2-3-7(5-8)9-6-10/h7,11H,2-5H2,1H3,(H,9,10). The molecule has 0 aromatic rings. The summed E-state index contributed by atoms with van der Waals surface area (Å²) in [6.45, 7) is 1.81. The Labute approximate surface area is 66.8 Å². The predicted molar refractivity (Wildman–Crippen MR) is 41.7 cm³/mol. The molecule has 3 nitrogen and oxygen atoms in total. The molecule has 1 radical (unpaired) electrons. The number of hydrogen-bond donors (Lipinski definition) is 2. The normalized spacial score (nSPS) is 38.2. The first-order valence-electron chi connectivity index (χ1n) is 3.99. The average molecular weight is 156 g/mol. The summed E-state index contributed by atoms with van der Waals surface area (Å²) in [6, 6.07) is 0.122. The summed E-state index contributed by atoms with van der Waals surface area (Å²) < 4.78 is 0. The molecule has 11 heavy (non-hydrogen) atoms. The van der Waals surface area contributed by atoms with E-state index in [1.807, 2.05) is 6.92 Å². The van der Waals surface area contributed by atoms with Crippen molar-refractivity contribution in [2.24, 2.45) is 0 Å². The molecule has 0 spiro atoms. The molecule has 1 amide bonds. The van der Waals surface area contributed by atoms with E-state index < -0.39 is 5.60 Å². The summed E-state index contributed by atoms with van der Waals surface area (Å²) in [5.74, 6) is 0. The number of rotatable bonds is 2. The zero-order valence-corrected chi connectivity index (χ0v) is 6.76. The minimum atomic E-state index is -0.591. The minimum absolute atomic E-state index is 0.122. The molecule has 0 aromatic carbocycles. The van der Waals surface area contributed by atoms with Gasteiger partial charge in [-0.3, -0.25) is 4.79 Å². The van der Waals surface area contributed by atoms with Crippen LogP contribution in [0.15, 0.2) is 0 Å². The van der Waals surface area contributed by atoms with Crippen molar-refractivity contribution < 1.29 is 9.90 Å². The molecule has 0 saturated heterocycles. The predicted octanol–water partition coefficient (Wildman–Crippen LogP) is 0.337. The lowest BCUT2D eigenvalue weighted by atomic mass is 9.83. The van der Waals surface area contributed by atoms with Crippen LogP contribution in [0.2, 0.25) is 0 Å². The van der Waals surface area contributed by atoms with Gasteiger partial charge in [-0.1, -0.05) is 0 Å². The molecule has 1 aliphatic carbocycles. The third kappa shape index (κ3) is 2.50. The Hall–Kier alpha value is -0.570. The van der Waals surface area contributed by atoms with Crippen molar-refractivity contribution in [2.75, 3.05) is 0 Å². The van der Waals surface area contributed by atoms with Crippen LogP contribution in [0.25, 0.3) is 0 Å². The van der Waals surface area contributed by atoms with Crippen molar-refractivity contribution >= 4 is 6.41 Å². The first-order chi connectivity index (χ1) is 5.14. The summed E-state index contributed by atoms with van der Waals surface area (Å²) in [4.78, 5) is 9.97. The summed E-state index contributed by atoms with van der Waals surface area (Å²) in [6.07, 6.45) is 5.10. The van der Waals surface area contributed by atoms with Crippen LogP contribution in [-0.4, -0.2) is 23.2 Å². The SMILES string of the molecule is CC1(O)CCCC(N[C]=O)C1. The van der Waals surface area contributed by atoms with Crippen molar-refractivity contribution in [1.82, 2.24) is 5.32 Å². The van der Waals surface area contributed by atoms with Gasteiger partial charge in [0.05, 0.1) is 5.60 Å². The Morgan fingerprint density at radius 2 is 2.45 bits per heavy atom. The fourth-order valence-electron chi connectivity index (χ4n) is 1.67. The highest BCUT2D eigenvalue weighted by molar-refractivity contribution is 5.47. The van der Waals surface area contributed by atoms with Gasteiger partial charge in [0.15, 0.2) is 0 Å². The highest BCUT2D eigenvalue weighted by Crippen LogP contribution is 2.27. The molecule has 0 bridgehead atoms. The molecule has 2 unspecified atom stereocenters. The summed E-state index contributed by atoms with van der Waals surface area (Å²) in [5.41, 5.74) is -0.591. The van der Waals surface area contributed by atoms with E-state index in [9.17, 15) is 9.90 Å². The first kappa shape index (κ1) is 8.53. The van der Waals surface area contributed by atoms with Crippen molar-refractivity contribution in [3.63, 3.8) is 0 Å². The zero-order chi connectivity index (χ0) is 8.32. The van der Waals surface area contributed by atoms with Gasteiger partial charge in [-0.2, -0.15) is 0 Å². The largest absolute Gasteiger partial charge is 0.390 e. The van der Waals surface area contributed by atoms with Crippen LogP contribution in [0.5, 0.6) is 0 Å². The van der Waals surface area contributed by atoms with Gasteiger partial charge in [0, 0.05) is 6.04 Å². The van der Waals surface area contributed by atoms with E-state index in [-0.39, 0.29) is 6.04 Å². The highest BCUT2D eigenvalue weighted by atomic mass is 16.3. The van der Waals surface area contributed by atoms with E-state index in [1.54, 1.807) is 6.41 Å². The molecule has 3 heteroatoms. The number of hydrogen-bond acceptors (Lipinski definition) is 2. The molecular weight excluding hydrogens is 142 g/mol. The maximum absolute atomic E-state index is 9.97. The van der Waals surface area contributed by atoms with Crippen LogP contribution in [0.1, 0.15) is 32.6 Å². The number of amides is 1. The van der Waals surface area contributed by atoms with Gasteiger partial charge in [-0.25, -0.2) is 0 Å². The van der Waals surface area contributed by atoms with Crippen LogP contribution >= 0.6 is 0 Å². The van der Waals surface area contributed by atoms with E-state index >= 15 is 0 Å². The van der Waals surface area contributed by atoms with Crippen molar-refractivity contribution in [1.29, 1.82) is 0 Å². The van der Waals surface area contributed by atoms with Crippen LogP contribution in [0.3, 0.4) is 0 Å². The maximum Gasteiger partial charge on any atom is 0.309 e. The van der Waals surface area contributed by atoms with E-state index in [0.717, 1.165) is 19.3 Å². The highest BCUT2D eigenvalue weighted by Gasteiger charge is 2.29. The Kier molecular flexibility index (Phi) is 2.49. The fourth-order valence-corrected chi connectivity index (χ4v) is 1.67. The van der Waals surface area contributed by atoms with Gasteiger partial charge in [0.25, 0.3) is 0 Å². The monoisotopic (exact) mass is 156 g/mol. The van der Waals surface area contributed by atoms with Crippen LogP contribution < -0.4 is 5.32 Å². The molecule has 1 fully saturated rings. The molecule has 1 rings (SSSR count). The second-order valence-electron chi connectivity index (χ2n) is 3.54. The molecular formula is C8H14NO2. The van der Waals surface area contributed by atoms with Gasteiger partial charge < -0.3 is 10.4 Å². The number of carbonyl (C=O) groups excluding carboxylic acids is 1. The fraction of sp³-hybridized carbons (Fsp3) is 0.875. The molecule has 0 heterocycles. The smallest absolute Gasteiger partial charge is 0.309 e. The number of aliphatic hydroxyl groups is 1. The molecule has 2 N–H and O–H groups in total. The van der Waals surface area contributed by atoms with Gasteiger partial charge >= 0.3 is 6.41 Å². The summed E-state index contributed by atoms with van der Waals surface area (Å²) in [7, 11) is 0. The second kappa shape index (κ2) is 3.22. The van der Waals surface area contributed by atoms with Gasteiger partial charge in [0.2, 0.25) is 0 Å². The van der Waals surface area contributed by atoms with Gasteiger partial charge in [-0.05, 0) is 32.6 Å². The molecule has 2 atom stereocenters. The molecule has 0 aromatic heterocycles.